The number of thioether (sulfide) groups is 1. The highest BCUT2D eigenvalue weighted by atomic mass is 32.2. The predicted molar refractivity (Wildman–Crippen MR) is 94.6 cm³/mol. The molecule has 1 aliphatic heterocycles. The summed E-state index contributed by atoms with van der Waals surface area (Å²) in [4.78, 5) is 35.8. The average molecular weight is 364 g/mol. The number of hydrogen-bond acceptors (Lipinski definition) is 7. The molecular weight excluding hydrogens is 344 g/mol. The summed E-state index contributed by atoms with van der Waals surface area (Å²) in [6.07, 6.45) is 2.38. The summed E-state index contributed by atoms with van der Waals surface area (Å²) in [5.74, 6) is -1.31. The van der Waals surface area contributed by atoms with Gasteiger partial charge in [-0.05, 0) is 24.6 Å². The number of esters is 1. The van der Waals surface area contributed by atoms with E-state index in [1.54, 1.807) is 6.20 Å². The maximum absolute atomic E-state index is 12.4. The Labute approximate surface area is 149 Å². The lowest BCUT2D eigenvalue weighted by Gasteiger charge is -2.15. The lowest BCUT2D eigenvalue weighted by molar-refractivity contribution is -0.131. The largest absolute Gasteiger partial charge is 0.426 e. The minimum absolute atomic E-state index is 0.0260. The number of benzene rings is 1. The third-order valence-electron chi connectivity index (χ3n) is 3.17. The molecule has 5 N–H and O–H groups in total. The van der Waals surface area contributed by atoms with Crippen molar-refractivity contribution < 1.29 is 19.1 Å². The van der Waals surface area contributed by atoms with Crippen LogP contribution in [0.25, 0.3) is 0 Å². The molecule has 9 heteroatoms. The van der Waals surface area contributed by atoms with Crippen LogP contribution in [0.5, 0.6) is 5.75 Å². The molecule has 1 heterocycles. The summed E-state index contributed by atoms with van der Waals surface area (Å²) in [5.41, 5.74) is 5.67. The van der Waals surface area contributed by atoms with E-state index in [0.717, 1.165) is 6.42 Å². The van der Waals surface area contributed by atoms with Crippen molar-refractivity contribution in [2.75, 3.05) is 6.54 Å². The van der Waals surface area contributed by atoms with E-state index in [1.807, 2.05) is 6.92 Å². The Morgan fingerprint density at radius 1 is 1.32 bits per heavy atom. The van der Waals surface area contributed by atoms with Crippen molar-refractivity contribution in [2.24, 2.45) is 5.73 Å². The van der Waals surface area contributed by atoms with Crippen LogP contribution < -0.4 is 26.4 Å². The fourth-order valence-electron chi connectivity index (χ4n) is 2.06. The van der Waals surface area contributed by atoms with Gasteiger partial charge in [0.15, 0.2) is 5.50 Å². The minimum Gasteiger partial charge on any atom is -0.426 e. The van der Waals surface area contributed by atoms with Crippen molar-refractivity contribution in [1.82, 2.24) is 16.0 Å². The van der Waals surface area contributed by atoms with Gasteiger partial charge in [0.1, 0.15) is 5.75 Å². The van der Waals surface area contributed by atoms with Crippen LogP contribution in [0.15, 0.2) is 29.4 Å². The molecule has 0 bridgehead atoms. The molecule has 134 valence electrons. The van der Waals surface area contributed by atoms with Gasteiger partial charge in [0.2, 0.25) is 0 Å². The predicted octanol–water partition coefficient (Wildman–Crippen LogP) is 0.859. The number of carbonyl (C=O) groups excluding carboxylic acids is 3. The molecule has 0 aromatic heterocycles. The third kappa shape index (κ3) is 5.15. The topological polar surface area (TPSA) is 123 Å². The van der Waals surface area contributed by atoms with Crippen LogP contribution >= 0.6 is 11.8 Å². The van der Waals surface area contributed by atoms with E-state index in [0.29, 0.717) is 17.1 Å². The van der Waals surface area contributed by atoms with Crippen LogP contribution in [-0.2, 0) is 4.79 Å². The van der Waals surface area contributed by atoms with Crippen molar-refractivity contribution in [3.63, 3.8) is 0 Å². The van der Waals surface area contributed by atoms with Crippen LogP contribution in [0.4, 0.5) is 0 Å². The van der Waals surface area contributed by atoms with Crippen LogP contribution in [0.1, 0.15) is 41.0 Å². The summed E-state index contributed by atoms with van der Waals surface area (Å²) >= 11 is 1.25. The van der Waals surface area contributed by atoms with E-state index in [9.17, 15) is 14.4 Å². The Bertz CT molecular complexity index is 720. The summed E-state index contributed by atoms with van der Waals surface area (Å²) in [6, 6.07) is 4.34. The Morgan fingerprint density at radius 3 is 2.68 bits per heavy atom. The van der Waals surface area contributed by atoms with E-state index in [2.05, 4.69) is 16.0 Å². The second-order valence-electron chi connectivity index (χ2n) is 5.25. The molecule has 1 aliphatic rings. The van der Waals surface area contributed by atoms with Crippen LogP contribution in [-0.4, -0.2) is 29.8 Å². The fourth-order valence-corrected chi connectivity index (χ4v) is 2.77. The summed E-state index contributed by atoms with van der Waals surface area (Å²) < 4.78 is 5.10. The van der Waals surface area contributed by atoms with E-state index in [4.69, 9.17) is 10.5 Å². The van der Waals surface area contributed by atoms with E-state index < -0.39 is 17.4 Å². The Morgan fingerprint density at radius 2 is 2.08 bits per heavy atom. The average Bonchev–Trinajstić information content (AvgIpc) is 2.96. The van der Waals surface area contributed by atoms with E-state index in [1.165, 1.54) is 36.9 Å². The number of hydrogen-bond donors (Lipinski definition) is 4. The van der Waals surface area contributed by atoms with Crippen molar-refractivity contribution >= 4 is 29.5 Å². The van der Waals surface area contributed by atoms with Crippen molar-refractivity contribution in [3.05, 3.63) is 40.6 Å². The number of nitrogens with one attached hydrogen (secondary N) is 3. The third-order valence-corrected chi connectivity index (χ3v) is 4.05. The first-order valence-electron chi connectivity index (χ1n) is 7.70. The van der Waals surface area contributed by atoms with Gasteiger partial charge in [-0.25, -0.2) is 0 Å². The zero-order chi connectivity index (χ0) is 18.4. The molecule has 0 radical (unpaired) electrons. The van der Waals surface area contributed by atoms with Gasteiger partial charge in [-0.2, -0.15) is 0 Å². The molecule has 1 aromatic carbocycles. The number of rotatable bonds is 6. The molecular formula is C16H20N4O4S. The van der Waals surface area contributed by atoms with Gasteiger partial charge in [0.25, 0.3) is 11.8 Å². The summed E-state index contributed by atoms with van der Waals surface area (Å²) in [5, 5.41) is 8.88. The molecule has 1 atom stereocenters. The highest BCUT2D eigenvalue weighted by molar-refractivity contribution is 8.03. The van der Waals surface area contributed by atoms with E-state index >= 15 is 0 Å². The number of carbonyl (C=O) groups is 3. The van der Waals surface area contributed by atoms with Gasteiger partial charge in [-0.1, -0.05) is 18.7 Å². The molecule has 0 aliphatic carbocycles. The Balaban J connectivity index is 2.19. The molecule has 1 unspecified atom stereocenters. The molecule has 2 rings (SSSR count). The molecule has 0 saturated carbocycles. The molecule has 0 fully saturated rings. The maximum atomic E-state index is 12.4. The highest BCUT2D eigenvalue weighted by Crippen LogP contribution is 2.23. The normalized spacial score (nSPS) is 15.8. The second-order valence-corrected chi connectivity index (χ2v) is 6.42. The minimum atomic E-state index is -0.584. The fraction of sp³-hybridized carbons (Fsp3) is 0.312. The van der Waals surface area contributed by atoms with Crippen LogP contribution in [0.3, 0.4) is 0 Å². The first-order chi connectivity index (χ1) is 11.9. The monoisotopic (exact) mass is 364 g/mol. The molecule has 8 nitrogen and oxygen atoms in total. The standard InChI is InChI=1S/C16H20N4O4S/c1-3-6-18-14(22)10-4-5-11(12(7-10)24-9(2)21)15(23)20-16-19-8-13(17)25-16/h4-5,7-8,16,19H,3,6,17H2,1-2H3,(H,18,22)(H,20,23). The second kappa shape index (κ2) is 8.43. The number of amides is 2. The highest BCUT2D eigenvalue weighted by Gasteiger charge is 2.22. The number of nitrogens with two attached hydrogens (primary N) is 1. The van der Waals surface area contributed by atoms with Gasteiger partial charge in [-0.15, -0.1) is 0 Å². The van der Waals surface area contributed by atoms with Crippen molar-refractivity contribution in [3.8, 4) is 5.75 Å². The summed E-state index contributed by atoms with van der Waals surface area (Å²) in [6.45, 7) is 3.70. The quantitative estimate of drug-likeness (QED) is 0.436. The zero-order valence-electron chi connectivity index (χ0n) is 13.9. The lowest BCUT2D eigenvalue weighted by Crippen LogP contribution is -2.38. The summed E-state index contributed by atoms with van der Waals surface area (Å²) in [7, 11) is 0. The van der Waals surface area contributed by atoms with Crippen LogP contribution in [0.2, 0.25) is 0 Å². The maximum Gasteiger partial charge on any atom is 0.308 e. The zero-order valence-corrected chi connectivity index (χ0v) is 14.7. The van der Waals surface area contributed by atoms with Crippen molar-refractivity contribution in [1.29, 1.82) is 0 Å². The van der Waals surface area contributed by atoms with Gasteiger partial charge in [0.05, 0.1) is 10.6 Å². The first kappa shape index (κ1) is 18.7. The molecule has 2 amide bonds. The molecule has 1 aromatic rings. The first-order valence-corrected chi connectivity index (χ1v) is 8.58. The smallest absolute Gasteiger partial charge is 0.308 e. The Hall–Kier alpha value is -2.68. The Kier molecular flexibility index (Phi) is 6.29. The van der Waals surface area contributed by atoms with E-state index in [-0.39, 0.29) is 17.2 Å². The van der Waals surface area contributed by atoms with Crippen molar-refractivity contribution in [2.45, 2.75) is 25.8 Å². The molecule has 0 spiro atoms. The van der Waals surface area contributed by atoms with Gasteiger partial charge in [-0.3, -0.25) is 14.4 Å². The molecule has 0 saturated heterocycles. The SMILES string of the molecule is CCCNC(=O)c1ccc(C(=O)NC2NC=C(N)S2)c(OC(C)=O)c1. The van der Waals surface area contributed by atoms with Crippen LogP contribution in [0, 0.1) is 0 Å². The van der Waals surface area contributed by atoms with Gasteiger partial charge in [0, 0.05) is 25.2 Å². The van der Waals surface area contributed by atoms with Gasteiger partial charge >= 0.3 is 5.97 Å². The molecule has 25 heavy (non-hydrogen) atoms. The van der Waals surface area contributed by atoms with Gasteiger partial charge < -0.3 is 26.4 Å². The lowest BCUT2D eigenvalue weighted by atomic mass is 10.1. The number of ether oxygens (including phenoxy) is 1.